The van der Waals surface area contributed by atoms with Crippen LogP contribution in [-0.2, 0) is 4.74 Å². The van der Waals surface area contributed by atoms with E-state index in [9.17, 15) is 5.11 Å². The molecule has 1 aliphatic heterocycles. The van der Waals surface area contributed by atoms with E-state index in [1.807, 2.05) is 6.92 Å². The van der Waals surface area contributed by atoms with E-state index >= 15 is 0 Å². The molecule has 1 saturated heterocycles. The Labute approximate surface area is 80.7 Å². The topological polar surface area (TPSA) is 32.7 Å². The van der Waals surface area contributed by atoms with Gasteiger partial charge in [0.15, 0.2) is 0 Å². The summed E-state index contributed by atoms with van der Waals surface area (Å²) in [5.41, 5.74) is -0.446. The maximum atomic E-state index is 9.45. The van der Waals surface area contributed by atoms with Crippen LogP contribution in [0.3, 0.4) is 0 Å². The molecule has 0 aliphatic carbocycles. The van der Waals surface area contributed by atoms with E-state index in [0.29, 0.717) is 5.92 Å². The van der Waals surface area contributed by atoms with Crippen molar-refractivity contribution < 1.29 is 9.84 Å². The maximum absolute atomic E-state index is 9.45. The summed E-state index contributed by atoms with van der Waals surface area (Å²) in [6.45, 7) is 10.3. The smallest absolute Gasteiger partial charge is 0.0872 e. The largest absolute Gasteiger partial charge is 0.388 e. The van der Waals surface area contributed by atoms with Gasteiger partial charge in [0.25, 0.3) is 0 Å². The molecule has 0 amide bonds. The van der Waals surface area contributed by atoms with Crippen molar-refractivity contribution in [2.24, 2.45) is 5.92 Å². The summed E-state index contributed by atoms with van der Waals surface area (Å²) in [6.07, 6.45) is 0. The summed E-state index contributed by atoms with van der Waals surface area (Å²) >= 11 is 0. The lowest BCUT2D eigenvalue weighted by Gasteiger charge is -2.44. The fourth-order valence-electron chi connectivity index (χ4n) is 1.59. The summed E-state index contributed by atoms with van der Waals surface area (Å²) in [7, 11) is 0. The quantitative estimate of drug-likeness (QED) is 0.644. The van der Waals surface area contributed by atoms with Gasteiger partial charge in [0.05, 0.1) is 12.2 Å². The normalized spacial score (nSPS) is 21.9. The predicted octanol–water partition coefficient (Wildman–Crippen LogP) is 0.726. The zero-order valence-electron chi connectivity index (χ0n) is 8.92. The van der Waals surface area contributed by atoms with Crippen LogP contribution in [0.25, 0.3) is 0 Å². The molecular weight excluding hydrogens is 166 g/mol. The number of nitrogens with zero attached hydrogens (tertiary/aromatic N) is 1. The Morgan fingerprint density at radius 1 is 1.46 bits per heavy atom. The second-order valence-electron chi connectivity index (χ2n) is 4.68. The molecule has 0 bridgehead atoms. The third-order valence-corrected chi connectivity index (χ3v) is 2.13. The zero-order chi connectivity index (χ0) is 9.90. The number of β-amino-alcohol motifs (C(OH)–C–C–N with tert-alkyl or cyclic N) is 1. The third kappa shape index (κ3) is 4.07. The van der Waals surface area contributed by atoms with E-state index in [1.54, 1.807) is 0 Å². The first-order valence-electron chi connectivity index (χ1n) is 5.02. The Kier molecular flexibility index (Phi) is 3.71. The molecule has 0 aromatic heterocycles. The van der Waals surface area contributed by atoms with E-state index in [0.717, 1.165) is 32.8 Å². The van der Waals surface area contributed by atoms with Gasteiger partial charge >= 0.3 is 0 Å². The summed E-state index contributed by atoms with van der Waals surface area (Å²) in [6, 6.07) is 0. The van der Waals surface area contributed by atoms with Gasteiger partial charge < -0.3 is 9.84 Å². The Balaban J connectivity index is 1.91. The van der Waals surface area contributed by atoms with Crippen LogP contribution in [0.15, 0.2) is 0 Å². The molecular formula is C10H21NO2. The van der Waals surface area contributed by atoms with Gasteiger partial charge in [0, 0.05) is 26.2 Å². The number of ether oxygens (including phenoxy) is 1. The lowest BCUT2D eigenvalue weighted by Crippen LogP contribution is -2.60. The molecule has 0 unspecified atom stereocenters. The first-order chi connectivity index (χ1) is 5.99. The summed E-state index contributed by atoms with van der Waals surface area (Å²) in [4.78, 5) is 2.21. The number of aliphatic hydroxyl groups is 1. The van der Waals surface area contributed by atoms with Crippen LogP contribution in [0.5, 0.6) is 0 Å². The lowest BCUT2D eigenvalue weighted by molar-refractivity contribution is -0.0907. The lowest BCUT2D eigenvalue weighted by atomic mass is 9.97. The van der Waals surface area contributed by atoms with Crippen LogP contribution in [0.1, 0.15) is 20.8 Å². The van der Waals surface area contributed by atoms with Crippen LogP contribution in [0.4, 0.5) is 0 Å². The van der Waals surface area contributed by atoms with Gasteiger partial charge in [-0.25, -0.2) is 0 Å². The summed E-state index contributed by atoms with van der Waals surface area (Å²) < 4.78 is 5.45. The summed E-state index contributed by atoms with van der Waals surface area (Å²) in [5, 5.41) is 9.45. The highest BCUT2D eigenvalue weighted by Gasteiger charge is 2.35. The molecule has 13 heavy (non-hydrogen) atoms. The molecule has 0 radical (unpaired) electrons. The van der Waals surface area contributed by atoms with Gasteiger partial charge in [-0.15, -0.1) is 0 Å². The minimum absolute atomic E-state index is 0.446. The molecule has 1 aliphatic rings. The van der Waals surface area contributed by atoms with E-state index in [-0.39, 0.29) is 0 Å². The average Bonchev–Trinajstić information content (AvgIpc) is 1.93. The van der Waals surface area contributed by atoms with Gasteiger partial charge in [-0.1, -0.05) is 13.8 Å². The van der Waals surface area contributed by atoms with Crippen LogP contribution in [-0.4, -0.2) is 48.5 Å². The average molecular weight is 187 g/mol. The van der Waals surface area contributed by atoms with Crippen LogP contribution >= 0.6 is 0 Å². The molecule has 1 fully saturated rings. The van der Waals surface area contributed by atoms with E-state index in [1.165, 1.54) is 0 Å². The summed E-state index contributed by atoms with van der Waals surface area (Å²) in [5.74, 6) is 0.611. The van der Waals surface area contributed by atoms with Crippen LogP contribution in [0, 0.1) is 5.92 Å². The molecule has 0 spiro atoms. The van der Waals surface area contributed by atoms with Crippen molar-refractivity contribution in [3.05, 3.63) is 0 Å². The van der Waals surface area contributed by atoms with Gasteiger partial charge in [0.2, 0.25) is 0 Å². The second kappa shape index (κ2) is 4.40. The van der Waals surface area contributed by atoms with Crippen molar-refractivity contribution >= 4 is 0 Å². The Morgan fingerprint density at radius 3 is 2.54 bits per heavy atom. The van der Waals surface area contributed by atoms with E-state index in [4.69, 9.17) is 4.74 Å². The van der Waals surface area contributed by atoms with E-state index < -0.39 is 5.60 Å². The number of rotatable bonds is 5. The highest BCUT2D eigenvalue weighted by atomic mass is 16.5. The monoisotopic (exact) mass is 187 g/mol. The maximum Gasteiger partial charge on any atom is 0.0872 e. The Hall–Kier alpha value is -0.120. The fourth-order valence-corrected chi connectivity index (χ4v) is 1.59. The van der Waals surface area contributed by atoms with Crippen molar-refractivity contribution in [1.82, 2.24) is 4.90 Å². The first kappa shape index (κ1) is 11.0. The molecule has 0 aromatic rings. The zero-order valence-corrected chi connectivity index (χ0v) is 8.92. The van der Waals surface area contributed by atoms with Crippen molar-refractivity contribution in [3.8, 4) is 0 Å². The van der Waals surface area contributed by atoms with Gasteiger partial charge in [-0.05, 0) is 12.8 Å². The van der Waals surface area contributed by atoms with Crippen molar-refractivity contribution in [2.75, 3.05) is 32.8 Å². The Morgan fingerprint density at radius 2 is 2.08 bits per heavy atom. The van der Waals surface area contributed by atoms with Crippen LogP contribution < -0.4 is 0 Å². The number of likely N-dealkylation sites (tertiary alicyclic amines) is 1. The minimum atomic E-state index is -0.446. The third-order valence-electron chi connectivity index (χ3n) is 2.13. The SMILES string of the molecule is CC(C)COCCN1CC(C)(O)C1. The minimum Gasteiger partial charge on any atom is -0.388 e. The highest BCUT2D eigenvalue weighted by molar-refractivity contribution is 4.90. The molecule has 3 heteroatoms. The van der Waals surface area contributed by atoms with Crippen molar-refractivity contribution in [3.63, 3.8) is 0 Å². The fraction of sp³-hybridized carbons (Fsp3) is 1.00. The Bertz CT molecular complexity index is 149. The molecule has 3 nitrogen and oxygen atoms in total. The predicted molar refractivity (Wildman–Crippen MR) is 52.7 cm³/mol. The standard InChI is InChI=1S/C10H21NO2/c1-9(2)6-13-5-4-11-7-10(3,12)8-11/h9,12H,4-8H2,1-3H3. The molecule has 1 heterocycles. The molecule has 1 N–H and O–H groups in total. The highest BCUT2D eigenvalue weighted by Crippen LogP contribution is 2.18. The molecule has 0 atom stereocenters. The van der Waals surface area contributed by atoms with Crippen molar-refractivity contribution in [1.29, 1.82) is 0 Å². The first-order valence-corrected chi connectivity index (χ1v) is 5.02. The number of hydrogen-bond acceptors (Lipinski definition) is 3. The number of hydrogen-bond donors (Lipinski definition) is 1. The molecule has 1 rings (SSSR count). The molecule has 0 aromatic carbocycles. The molecule has 78 valence electrons. The van der Waals surface area contributed by atoms with Gasteiger partial charge in [-0.2, -0.15) is 0 Å². The van der Waals surface area contributed by atoms with E-state index in [2.05, 4.69) is 18.7 Å². The van der Waals surface area contributed by atoms with Crippen molar-refractivity contribution in [2.45, 2.75) is 26.4 Å². The van der Waals surface area contributed by atoms with Crippen LogP contribution in [0.2, 0.25) is 0 Å². The second-order valence-corrected chi connectivity index (χ2v) is 4.68. The van der Waals surface area contributed by atoms with Gasteiger partial charge in [0.1, 0.15) is 0 Å². The molecule has 0 saturated carbocycles. The van der Waals surface area contributed by atoms with Gasteiger partial charge in [-0.3, -0.25) is 4.90 Å².